The Morgan fingerprint density at radius 2 is 1.87 bits per heavy atom. The van der Waals surface area contributed by atoms with Crippen molar-refractivity contribution in [3.05, 3.63) is 77.5 Å². The summed E-state index contributed by atoms with van der Waals surface area (Å²) >= 11 is 0. The first-order valence-corrected chi connectivity index (χ1v) is 9.00. The zero-order valence-corrected chi connectivity index (χ0v) is 16.3. The highest BCUT2D eigenvalue weighted by Crippen LogP contribution is 2.41. The van der Waals surface area contributed by atoms with E-state index in [-0.39, 0.29) is 12.6 Å². The van der Waals surface area contributed by atoms with E-state index in [2.05, 4.69) is 9.83 Å². The van der Waals surface area contributed by atoms with Gasteiger partial charge in [0, 0.05) is 17.8 Å². The maximum absolute atomic E-state index is 13.8. The van der Waals surface area contributed by atoms with Crippen molar-refractivity contribution >= 4 is 28.7 Å². The van der Waals surface area contributed by atoms with Crippen molar-refractivity contribution in [3.8, 4) is 11.6 Å². The lowest BCUT2D eigenvalue weighted by Crippen LogP contribution is -2.45. The van der Waals surface area contributed by atoms with E-state index < -0.39 is 5.82 Å². The molecule has 0 saturated heterocycles. The molecule has 1 aliphatic rings. The van der Waals surface area contributed by atoms with Crippen molar-refractivity contribution < 1.29 is 18.7 Å². The van der Waals surface area contributed by atoms with Gasteiger partial charge in [0.2, 0.25) is 5.88 Å². The summed E-state index contributed by atoms with van der Waals surface area (Å²) in [5.74, 6) is 0.0829. The number of amides is 1. The second kappa shape index (κ2) is 7.72. The molecular weight excluding hydrogens is 387 g/mol. The lowest BCUT2D eigenvalue weighted by atomic mass is 10.1. The molecule has 0 bridgehead atoms. The highest BCUT2D eigenvalue weighted by Gasteiger charge is 2.32. The Labute approximate surface area is 172 Å². The van der Waals surface area contributed by atoms with E-state index in [9.17, 15) is 9.18 Å². The number of aromatic nitrogens is 1. The van der Waals surface area contributed by atoms with Crippen LogP contribution in [0.4, 0.5) is 27.1 Å². The van der Waals surface area contributed by atoms with Crippen LogP contribution in [0.25, 0.3) is 4.85 Å². The molecule has 0 saturated carbocycles. The molecule has 0 aliphatic carbocycles. The van der Waals surface area contributed by atoms with Crippen LogP contribution < -0.4 is 19.3 Å². The van der Waals surface area contributed by atoms with Crippen molar-refractivity contribution in [3.63, 3.8) is 0 Å². The first kappa shape index (κ1) is 19.2. The van der Waals surface area contributed by atoms with Gasteiger partial charge in [0.25, 0.3) is 5.91 Å². The van der Waals surface area contributed by atoms with Gasteiger partial charge in [0.05, 0.1) is 43.9 Å². The highest BCUT2D eigenvalue weighted by atomic mass is 19.1. The Bertz CT molecular complexity index is 1160. The maximum Gasteiger partial charge on any atom is 0.261 e. The number of fused-ring (bicyclic) bond motifs is 1. The predicted molar refractivity (Wildman–Crippen MR) is 110 cm³/mol. The molecule has 1 aliphatic heterocycles. The van der Waals surface area contributed by atoms with Crippen LogP contribution in [-0.4, -0.2) is 31.8 Å². The minimum Gasteiger partial charge on any atom is -0.494 e. The summed E-state index contributed by atoms with van der Waals surface area (Å²) in [5, 5.41) is 0. The molecule has 0 atom stereocenters. The average molecular weight is 404 g/mol. The molecule has 1 aromatic heterocycles. The highest BCUT2D eigenvalue weighted by molar-refractivity contribution is 6.13. The van der Waals surface area contributed by atoms with Crippen LogP contribution in [0.3, 0.4) is 0 Å². The fourth-order valence-electron chi connectivity index (χ4n) is 3.35. The summed E-state index contributed by atoms with van der Waals surface area (Å²) in [7, 11) is 2.97. The largest absolute Gasteiger partial charge is 0.494 e. The second-order valence-electron chi connectivity index (χ2n) is 6.49. The number of anilines is 3. The monoisotopic (exact) mass is 404 g/mol. The molecular formula is C22H17FN4O3. The topological polar surface area (TPSA) is 59.3 Å². The fraction of sp³-hybridized carbons (Fsp3) is 0.136. The zero-order valence-electron chi connectivity index (χ0n) is 16.3. The van der Waals surface area contributed by atoms with Crippen LogP contribution in [-0.2, 0) is 0 Å². The van der Waals surface area contributed by atoms with Gasteiger partial charge in [0.1, 0.15) is 18.2 Å². The number of carbonyl (C=O) groups excluding carboxylic acids is 1. The summed E-state index contributed by atoms with van der Waals surface area (Å²) in [6, 6.07) is 12.5. The predicted octanol–water partition coefficient (Wildman–Crippen LogP) is 4.54. The standard InChI is InChI=1S/C22H17FN4O3/c1-24-15-5-7-17-19(11-15)27(18-8-4-14(23)10-20(18)29-2)13-26(22(17)28)16-6-9-21(30-3)25-12-16/h4-12H,13H2,2-3H3. The summed E-state index contributed by atoms with van der Waals surface area (Å²) in [6.07, 6.45) is 1.55. The molecule has 7 nitrogen and oxygen atoms in total. The summed E-state index contributed by atoms with van der Waals surface area (Å²) < 4.78 is 24.2. The number of carbonyl (C=O) groups is 1. The number of hydrogen-bond donors (Lipinski definition) is 0. The van der Waals surface area contributed by atoms with Crippen LogP contribution in [0, 0.1) is 12.4 Å². The van der Waals surface area contributed by atoms with E-state index in [0.717, 1.165) is 0 Å². The third-order valence-corrected chi connectivity index (χ3v) is 4.83. The minimum absolute atomic E-state index is 0.128. The van der Waals surface area contributed by atoms with Crippen LogP contribution >= 0.6 is 0 Å². The van der Waals surface area contributed by atoms with E-state index in [1.165, 1.54) is 26.4 Å². The molecule has 8 heteroatoms. The molecule has 150 valence electrons. The first-order valence-electron chi connectivity index (χ1n) is 9.00. The van der Waals surface area contributed by atoms with Gasteiger partial charge in [-0.25, -0.2) is 14.2 Å². The summed E-state index contributed by atoms with van der Waals surface area (Å²) in [6.45, 7) is 7.45. The number of ether oxygens (including phenoxy) is 2. The molecule has 1 amide bonds. The van der Waals surface area contributed by atoms with Gasteiger partial charge in [-0.2, -0.15) is 0 Å². The number of benzene rings is 2. The molecule has 0 unspecified atom stereocenters. The van der Waals surface area contributed by atoms with Crippen molar-refractivity contribution in [2.45, 2.75) is 0 Å². The van der Waals surface area contributed by atoms with Gasteiger partial charge in [-0.15, -0.1) is 0 Å². The van der Waals surface area contributed by atoms with Gasteiger partial charge in [-0.05, 0) is 24.3 Å². The molecule has 2 aromatic carbocycles. The second-order valence-corrected chi connectivity index (χ2v) is 6.49. The molecule has 3 aromatic rings. The van der Waals surface area contributed by atoms with E-state index >= 15 is 0 Å². The molecule has 2 heterocycles. The van der Waals surface area contributed by atoms with Crippen LogP contribution in [0.1, 0.15) is 10.4 Å². The molecule has 4 rings (SSSR count). The van der Waals surface area contributed by atoms with Gasteiger partial charge >= 0.3 is 0 Å². The van der Waals surface area contributed by atoms with Crippen LogP contribution in [0.2, 0.25) is 0 Å². The van der Waals surface area contributed by atoms with Crippen LogP contribution in [0.15, 0.2) is 54.7 Å². The SMILES string of the molecule is [C-]#[N+]c1ccc2c(c1)N(c1ccc(F)cc1OC)CN(c1ccc(OC)nc1)C2=O. The lowest BCUT2D eigenvalue weighted by Gasteiger charge is -2.38. The van der Waals surface area contributed by atoms with E-state index in [0.29, 0.717) is 39.9 Å². The Kier molecular flexibility index (Phi) is 4.94. The smallest absolute Gasteiger partial charge is 0.261 e. The third kappa shape index (κ3) is 3.26. The first-order chi connectivity index (χ1) is 14.5. The maximum atomic E-state index is 13.8. The molecule has 0 spiro atoms. The van der Waals surface area contributed by atoms with Crippen molar-refractivity contribution in [1.29, 1.82) is 0 Å². The van der Waals surface area contributed by atoms with Gasteiger partial charge in [-0.3, -0.25) is 9.69 Å². The normalized spacial score (nSPS) is 12.9. The van der Waals surface area contributed by atoms with Gasteiger partial charge < -0.3 is 14.4 Å². The number of nitrogens with zero attached hydrogens (tertiary/aromatic N) is 4. The molecule has 30 heavy (non-hydrogen) atoms. The van der Waals surface area contributed by atoms with Gasteiger partial charge in [0.15, 0.2) is 5.69 Å². The Morgan fingerprint density at radius 1 is 1.03 bits per heavy atom. The van der Waals surface area contributed by atoms with E-state index in [4.69, 9.17) is 16.0 Å². The number of hydrogen-bond acceptors (Lipinski definition) is 5. The number of methoxy groups -OCH3 is 2. The number of rotatable bonds is 4. The zero-order chi connectivity index (χ0) is 21.3. The van der Waals surface area contributed by atoms with Crippen molar-refractivity contribution in [1.82, 2.24) is 4.98 Å². The molecule has 0 fully saturated rings. The summed E-state index contributed by atoms with van der Waals surface area (Å²) in [5.41, 5.74) is 2.51. The fourth-order valence-corrected chi connectivity index (χ4v) is 3.35. The minimum atomic E-state index is -0.435. The Balaban J connectivity index is 1.87. The third-order valence-electron chi connectivity index (χ3n) is 4.83. The van der Waals surface area contributed by atoms with E-state index in [1.807, 2.05) is 4.90 Å². The Hall–Kier alpha value is -4.12. The van der Waals surface area contributed by atoms with Crippen molar-refractivity contribution in [2.75, 3.05) is 30.7 Å². The summed E-state index contributed by atoms with van der Waals surface area (Å²) in [4.78, 5) is 24.2. The van der Waals surface area contributed by atoms with Gasteiger partial charge in [-0.1, -0.05) is 12.1 Å². The van der Waals surface area contributed by atoms with Crippen LogP contribution in [0.5, 0.6) is 11.6 Å². The molecule has 0 radical (unpaired) electrons. The average Bonchev–Trinajstić information content (AvgIpc) is 2.79. The molecule has 0 N–H and O–H groups in total. The van der Waals surface area contributed by atoms with E-state index in [1.54, 1.807) is 47.5 Å². The number of halogens is 1. The Morgan fingerprint density at radius 3 is 2.53 bits per heavy atom. The quantitative estimate of drug-likeness (QED) is 0.598. The van der Waals surface area contributed by atoms with Crippen molar-refractivity contribution in [2.24, 2.45) is 0 Å². The number of pyridine rings is 1. The lowest BCUT2D eigenvalue weighted by molar-refractivity contribution is 0.0983.